The predicted molar refractivity (Wildman–Crippen MR) is 141 cm³/mol. The summed E-state index contributed by atoms with van der Waals surface area (Å²) < 4.78 is 56.9. The van der Waals surface area contributed by atoms with Crippen molar-refractivity contribution in [1.82, 2.24) is 5.32 Å². The molecule has 0 unspecified atom stereocenters. The quantitative estimate of drug-likeness (QED) is 0.226. The van der Waals surface area contributed by atoms with Gasteiger partial charge in [0.1, 0.15) is 5.82 Å². The number of anilines is 1. The first-order chi connectivity index (χ1) is 18.5. The van der Waals surface area contributed by atoms with Crippen LogP contribution in [0.5, 0.6) is 0 Å². The largest absolute Gasteiger partial charge is 0.437 e. The van der Waals surface area contributed by atoms with E-state index in [4.69, 9.17) is 11.6 Å². The average molecular weight is 596 g/mol. The number of halogens is 5. The van der Waals surface area contributed by atoms with Crippen molar-refractivity contribution in [3.05, 3.63) is 97.9 Å². The van der Waals surface area contributed by atoms with Crippen LogP contribution >= 0.6 is 34.7 Å². The zero-order valence-corrected chi connectivity index (χ0v) is 22.0. The standard InChI is InChI=1S/C26H18ClF4N3O3S2/c27-18-5-2-1-4-16(18)21-17(12-32)24(39-13-20(35)33-15-9-7-14(28)8-10-15)34-25(37,26(29,30)31)22(21)23(36)19-6-3-11-38-19/h1-11,21-22,34,37H,13H2,(H,33,35)/t21-,22+,25+/m0/s1. The van der Waals surface area contributed by atoms with E-state index in [-0.39, 0.29) is 26.7 Å². The van der Waals surface area contributed by atoms with Crippen LogP contribution in [0.2, 0.25) is 5.02 Å². The molecule has 0 bridgehead atoms. The molecular weight excluding hydrogens is 578 g/mol. The number of Topliss-reactive ketones (excluding diaryl/α,β-unsaturated/α-hetero) is 1. The molecule has 13 heteroatoms. The van der Waals surface area contributed by atoms with E-state index in [2.05, 4.69) is 5.32 Å². The Morgan fingerprint density at radius 3 is 2.44 bits per heavy atom. The fourth-order valence-electron chi connectivity index (χ4n) is 4.19. The maximum Gasteiger partial charge on any atom is 0.437 e. The van der Waals surface area contributed by atoms with E-state index in [1.165, 1.54) is 53.9 Å². The second-order valence-corrected chi connectivity index (χ2v) is 10.7. The van der Waals surface area contributed by atoms with Crippen molar-refractivity contribution in [3.63, 3.8) is 0 Å². The number of thioether (sulfide) groups is 1. The highest BCUT2D eigenvalue weighted by atomic mass is 35.5. The number of thiophene rings is 1. The van der Waals surface area contributed by atoms with Crippen LogP contribution in [0.3, 0.4) is 0 Å². The van der Waals surface area contributed by atoms with Crippen molar-refractivity contribution >= 4 is 52.1 Å². The van der Waals surface area contributed by atoms with E-state index in [9.17, 15) is 37.5 Å². The number of allylic oxidation sites excluding steroid dienone is 1. The molecule has 3 N–H and O–H groups in total. The second-order valence-electron chi connectivity index (χ2n) is 8.41. The van der Waals surface area contributed by atoms with Gasteiger partial charge >= 0.3 is 6.18 Å². The van der Waals surface area contributed by atoms with Crippen LogP contribution in [0.25, 0.3) is 0 Å². The maximum absolute atomic E-state index is 14.6. The number of carbonyl (C=O) groups is 2. The maximum atomic E-state index is 14.6. The number of carbonyl (C=O) groups excluding carboxylic acids is 2. The number of hydrogen-bond donors (Lipinski definition) is 3. The molecule has 6 nitrogen and oxygen atoms in total. The lowest BCUT2D eigenvalue weighted by Crippen LogP contribution is -2.66. The normalized spacial score (nSPS) is 21.2. The number of hydrogen-bond acceptors (Lipinski definition) is 7. The number of nitriles is 1. The monoisotopic (exact) mass is 595 g/mol. The molecule has 2 heterocycles. The summed E-state index contributed by atoms with van der Waals surface area (Å²) in [6.45, 7) is 0. The first kappa shape index (κ1) is 28.6. The Bertz CT molecular complexity index is 1460. The van der Waals surface area contributed by atoms with E-state index in [1.54, 1.807) is 0 Å². The molecular formula is C26H18ClF4N3O3S2. The summed E-state index contributed by atoms with van der Waals surface area (Å²) in [5, 5.41) is 26.8. The highest BCUT2D eigenvalue weighted by Crippen LogP contribution is 2.52. The van der Waals surface area contributed by atoms with Crippen molar-refractivity contribution in [2.75, 3.05) is 11.1 Å². The molecule has 0 saturated heterocycles. The number of benzene rings is 2. The van der Waals surface area contributed by atoms with Gasteiger partial charge in [-0.05, 0) is 47.3 Å². The molecule has 1 aromatic heterocycles. The van der Waals surface area contributed by atoms with Gasteiger partial charge in [0.05, 0.1) is 33.2 Å². The van der Waals surface area contributed by atoms with Crippen LogP contribution in [-0.2, 0) is 4.79 Å². The van der Waals surface area contributed by atoms with Gasteiger partial charge in [-0.1, -0.05) is 47.6 Å². The van der Waals surface area contributed by atoms with Crippen molar-refractivity contribution < 1.29 is 32.3 Å². The van der Waals surface area contributed by atoms with Gasteiger partial charge in [0.15, 0.2) is 5.78 Å². The summed E-state index contributed by atoms with van der Waals surface area (Å²) in [7, 11) is 0. The van der Waals surface area contributed by atoms with Gasteiger partial charge in [-0.3, -0.25) is 9.59 Å². The van der Waals surface area contributed by atoms with Gasteiger partial charge < -0.3 is 15.7 Å². The molecule has 1 amide bonds. The van der Waals surface area contributed by atoms with E-state index >= 15 is 0 Å². The Balaban J connectivity index is 1.79. The Morgan fingerprint density at radius 1 is 1.15 bits per heavy atom. The number of ketones is 1. The number of nitrogens with one attached hydrogen (secondary N) is 2. The lowest BCUT2D eigenvalue weighted by atomic mass is 9.70. The van der Waals surface area contributed by atoms with Gasteiger partial charge in [0.2, 0.25) is 11.6 Å². The third kappa shape index (κ3) is 5.81. The third-order valence-electron chi connectivity index (χ3n) is 5.96. The summed E-state index contributed by atoms with van der Waals surface area (Å²) in [6, 6.07) is 15.3. The van der Waals surface area contributed by atoms with E-state index in [0.29, 0.717) is 11.8 Å². The first-order valence-electron chi connectivity index (χ1n) is 11.2. The Hall–Kier alpha value is -3.37. The first-order valence-corrected chi connectivity index (χ1v) is 13.4. The summed E-state index contributed by atoms with van der Waals surface area (Å²) in [6.07, 6.45) is -5.38. The predicted octanol–water partition coefficient (Wildman–Crippen LogP) is 6.08. The van der Waals surface area contributed by atoms with Gasteiger partial charge in [-0.25, -0.2) is 4.39 Å². The van der Waals surface area contributed by atoms with Gasteiger partial charge in [0.25, 0.3) is 0 Å². The molecule has 1 aliphatic heterocycles. The topological polar surface area (TPSA) is 102 Å². The van der Waals surface area contributed by atoms with Crippen LogP contribution < -0.4 is 10.6 Å². The molecule has 1 aliphatic rings. The third-order valence-corrected chi connectivity index (χ3v) is 8.20. The average Bonchev–Trinajstić information content (AvgIpc) is 3.43. The fraction of sp³-hybridized carbons (Fsp3) is 0.192. The summed E-state index contributed by atoms with van der Waals surface area (Å²) in [5.41, 5.74) is -3.83. The molecule has 3 atom stereocenters. The van der Waals surface area contributed by atoms with Gasteiger partial charge in [0, 0.05) is 16.6 Å². The number of aliphatic hydroxyl groups is 1. The van der Waals surface area contributed by atoms with E-state index < -0.39 is 52.0 Å². The molecule has 0 radical (unpaired) electrons. The van der Waals surface area contributed by atoms with Gasteiger partial charge in [-0.15, -0.1) is 11.3 Å². The highest BCUT2D eigenvalue weighted by Gasteiger charge is 2.66. The number of nitrogens with zero attached hydrogens (tertiary/aromatic N) is 1. The molecule has 2 aromatic carbocycles. The highest BCUT2D eigenvalue weighted by molar-refractivity contribution is 8.03. The minimum absolute atomic E-state index is 0.0101. The molecule has 202 valence electrons. The van der Waals surface area contributed by atoms with Crippen LogP contribution in [-0.4, -0.2) is 34.5 Å². The van der Waals surface area contributed by atoms with Crippen LogP contribution in [0.4, 0.5) is 23.2 Å². The molecule has 3 aromatic rings. The van der Waals surface area contributed by atoms with Crippen molar-refractivity contribution in [2.45, 2.75) is 17.8 Å². The second kappa shape index (κ2) is 11.4. The minimum atomic E-state index is -5.38. The van der Waals surface area contributed by atoms with Gasteiger partial charge in [-0.2, -0.15) is 18.4 Å². The fourth-order valence-corrected chi connectivity index (χ4v) is 6.05. The van der Waals surface area contributed by atoms with Crippen molar-refractivity contribution in [3.8, 4) is 6.07 Å². The van der Waals surface area contributed by atoms with E-state index in [1.807, 2.05) is 11.4 Å². The molecule has 0 aliphatic carbocycles. The van der Waals surface area contributed by atoms with Crippen molar-refractivity contribution in [2.24, 2.45) is 5.92 Å². The Kier molecular flexibility index (Phi) is 8.37. The summed E-state index contributed by atoms with van der Waals surface area (Å²) in [5.74, 6) is -6.52. The lowest BCUT2D eigenvalue weighted by molar-refractivity contribution is -0.285. The molecule has 0 spiro atoms. The van der Waals surface area contributed by atoms with Crippen LogP contribution in [0.1, 0.15) is 21.2 Å². The SMILES string of the molecule is N#CC1=C(SCC(=O)Nc2ccc(F)cc2)N[C@](O)(C(F)(F)F)[C@@H](C(=O)c2cccs2)[C@H]1c1ccccc1Cl. The molecule has 0 saturated carbocycles. The lowest BCUT2D eigenvalue weighted by Gasteiger charge is -2.45. The van der Waals surface area contributed by atoms with Crippen LogP contribution in [0.15, 0.2) is 76.6 Å². The zero-order chi connectivity index (χ0) is 28.4. The Morgan fingerprint density at radius 2 is 1.85 bits per heavy atom. The molecule has 0 fully saturated rings. The smallest absolute Gasteiger partial charge is 0.363 e. The van der Waals surface area contributed by atoms with E-state index in [0.717, 1.165) is 23.5 Å². The number of alkyl halides is 3. The summed E-state index contributed by atoms with van der Waals surface area (Å²) in [4.78, 5) is 26.0. The molecule has 4 rings (SSSR count). The number of rotatable bonds is 7. The summed E-state index contributed by atoms with van der Waals surface area (Å²) >= 11 is 7.77. The number of amides is 1. The Labute approximate surface area is 233 Å². The van der Waals surface area contributed by atoms with Crippen LogP contribution in [0, 0.1) is 23.1 Å². The minimum Gasteiger partial charge on any atom is -0.363 e. The molecule has 39 heavy (non-hydrogen) atoms. The zero-order valence-electron chi connectivity index (χ0n) is 19.6. The van der Waals surface area contributed by atoms with Crippen molar-refractivity contribution in [1.29, 1.82) is 5.26 Å².